The third-order valence-electron chi connectivity index (χ3n) is 3.54. The van der Waals surface area contributed by atoms with Crippen molar-refractivity contribution in [2.45, 2.75) is 26.2 Å². The molecule has 0 unspecified atom stereocenters. The number of carbonyl (C=O) groups excluding carboxylic acids is 1. The van der Waals surface area contributed by atoms with E-state index in [-0.39, 0.29) is 11.3 Å². The van der Waals surface area contributed by atoms with E-state index < -0.39 is 0 Å². The fraction of sp³-hybridized carbons (Fsp3) is 0.211. The number of nitrogens with zero attached hydrogens (tertiary/aromatic N) is 2. The number of amides is 1. The van der Waals surface area contributed by atoms with Gasteiger partial charge in [-0.1, -0.05) is 68.4 Å². The highest BCUT2D eigenvalue weighted by Gasteiger charge is 2.14. The van der Waals surface area contributed by atoms with Crippen LogP contribution in [0.25, 0.3) is 0 Å². The lowest BCUT2D eigenvalue weighted by Crippen LogP contribution is -2.21. The first-order chi connectivity index (χ1) is 11.4. The summed E-state index contributed by atoms with van der Waals surface area (Å²) in [5.41, 5.74) is 5.28. The Morgan fingerprint density at radius 1 is 1.00 bits per heavy atom. The third-order valence-corrected chi connectivity index (χ3v) is 3.54. The summed E-state index contributed by atoms with van der Waals surface area (Å²) in [6.07, 6.45) is 1.18. The fourth-order valence-electron chi connectivity index (χ4n) is 2.13. The highest BCUT2D eigenvalue weighted by atomic mass is 16.4. The second-order valence-corrected chi connectivity index (χ2v) is 6.38. The third kappa shape index (κ3) is 4.52. The van der Waals surface area contributed by atoms with E-state index in [0.717, 1.165) is 11.1 Å². The van der Waals surface area contributed by atoms with Crippen molar-refractivity contribution in [1.82, 2.24) is 5.43 Å². The Morgan fingerprint density at radius 2 is 1.62 bits per heavy atom. The summed E-state index contributed by atoms with van der Waals surface area (Å²) >= 11 is 0. The van der Waals surface area contributed by atoms with Crippen molar-refractivity contribution in [2.75, 3.05) is 0 Å². The van der Waals surface area contributed by atoms with Crippen molar-refractivity contribution in [2.24, 2.45) is 10.3 Å². The van der Waals surface area contributed by atoms with E-state index >= 15 is 0 Å². The van der Waals surface area contributed by atoms with Gasteiger partial charge in [-0.2, -0.15) is 5.10 Å². The molecule has 0 heterocycles. The molecule has 2 aromatic carbocycles. The van der Waals surface area contributed by atoms with Gasteiger partial charge in [-0.05, 0) is 23.1 Å². The summed E-state index contributed by atoms with van der Waals surface area (Å²) in [5.74, 6) is -0.324. The number of rotatable bonds is 4. The molecule has 2 N–H and O–H groups in total. The molecule has 1 amide bonds. The van der Waals surface area contributed by atoms with Crippen LogP contribution in [-0.2, 0) is 5.41 Å². The molecule has 5 nitrogen and oxygen atoms in total. The van der Waals surface area contributed by atoms with Crippen molar-refractivity contribution >= 4 is 17.8 Å². The molecule has 124 valence electrons. The number of nitrogens with one attached hydrogen (secondary N) is 1. The largest absolute Gasteiger partial charge is 0.411 e. The molecule has 0 radical (unpaired) electrons. The van der Waals surface area contributed by atoms with Gasteiger partial charge in [-0.25, -0.2) is 5.43 Å². The van der Waals surface area contributed by atoms with Crippen molar-refractivity contribution in [3.63, 3.8) is 0 Å². The number of benzene rings is 2. The standard InChI is InChI=1S/C19H21N3O2/c1-19(2,3)16-11-9-15(10-12-16)18(23)22-21-17(13-20-24)14-7-5-4-6-8-14/h4-13,24H,1-3H3,(H,22,23). The molecule has 0 atom stereocenters. The maximum absolute atomic E-state index is 12.2. The molecule has 24 heavy (non-hydrogen) atoms. The van der Waals surface area contributed by atoms with Gasteiger partial charge in [0.05, 0.1) is 6.21 Å². The normalized spacial score (nSPS) is 12.4. The number of hydrogen-bond acceptors (Lipinski definition) is 4. The Bertz CT molecular complexity index is 742. The minimum absolute atomic E-state index is 0.0330. The lowest BCUT2D eigenvalue weighted by atomic mass is 9.87. The van der Waals surface area contributed by atoms with Gasteiger partial charge in [0.25, 0.3) is 5.91 Å². The average molecular weight is 323 g/mol. The van der Waals surface area contributed by atoms with Crippen LogP contribution in [0.4, 0.5) is 0 Å². The molecule has 0 aliphatic heterocycles. The first-order valence-corrected chi connectivity index (χ1v) is 7.63. The van der Waals surface area contributed by atoms with Gasteiger partial charge < -0.3 is 5.21 Å². The molecule has 0 spiro atoms. The Balaban J connectivity index is 2.16. The second kappa shape index (κ2) is 7.55. The molecule has 0 bridgehead atoms. The van der Waals surface area contributed by atoms with E-state index in [9.17, 15) is 4.79 Å². The van der Waals surface area contributed by atoms with E-state index in [4.69, 9.17) is 5.21 Å². The predicted octanol–water partition coefficient (Wildman–Crippen LogP) is 3.58. The first-order valence-electron chi connectivity index (χ1n) is 7.63. The second-order valence-electron chi connectivity index (χ2n) is 6.38. The van der Waals surface area contributed by atoms with E-state index in [1.807, 2.05) is 42.5 Å². The van der Waals surface area contributed by atoms with Crippen LogP contribution in [0.5, 0.6) is 0 Å². The Labute approximate surface area is 141 Å². The lowest BCUT2D eigenvalue weighted by molar-refractivity contribution is 0.0955. The number of carbonyl (C=O) groups is 1. The van der Waals surface area contributed by atoms with Crippen LogP contribution in [0.15, 0.2) is 64.9 Å². The summed E-state index contributed by atoms with van der Waals surface area (Å²) in [5, 5.41) is 15.8. The highest BCUT2D eigenvalue weighted by Crippen LogP contribution is 2.22. The summed E-state index contributed by atoms with van der Waals surface area (Å²) in [6.45, 7) is 6.35. The molecule has 0 saturated heterocycles. The smallest absolute Gasteiger partial charge is 0.271 e. The molecule has 0 fully saturated rings. The van der Waals surface area contributed by atoms with E-state index in [1.54, 1.807) is 12.1 Å². The number of oxime groups is 1. The van der Waals surface area contributed by atoms with Crippen molar-refractivity contribution in [3.05, 3.63) is 71.3 Å². The zero-order valence-corrected chi connectivity index (χ0v) is 14.0. The highest BCUT2D eigenvalue weighted by molar-refractivity contribution is 6.38. The van der Waals surface area contributed by atoms with Gasteiger partial charge in [0.15, 0.2) is 0 Å². The maximum Gasteiger partial charge on any atom is 0.271 e. The summed E-state index contributed by atoms with van der Waals surface area (Å²) < 4.78 is 0. The molecular formula is C19H21N3O2. The van der Waals surface area contributed by atoms with E-state index in [0.29, 0.717) is 11.3 Å². The molecule has 2 aromatic rings. The summed E-state index contributed by atoms with van der Waals surface area (Å²) in [4.78, 5) is 12.2. The molecule has 0 aliphatic rings. The number of hydrazone groups is 1. The van der Waals surface area contributed by atoms with Crippen molar-refractivity contribution in [1.29, 1.82) is 0 Å². The monoisotopic (exact) mass is 323 g/mol. The topological polar surface area (TPSA) is 74.0 Å². The Kier molecular flexibility index (Phi) is 5.47. The van der Waals surface area contributed by atoms with Crippen LogP contribution < -0.4 is 5.43 Å². The van der Waals surface area contributed by atoms with Crippen LogP contribution in [0.1, 0.15) is 42.3 Å². The average Bonchev–Trinajstić information content (AvgIpc) is 2.58. The van der Waals surface area contributed by atoms with Gasteiger partial charge in [0, 0.05) is 11.1 Å². The van der Waals surface area contributed by atoms with Crippen LogP contribution in [0.3, 0.4) is 0 Å². The number of hydrogen-bond donors (Lipinski definition) is 2. The fourth-order valence-corrected chi connectivity index (χ4v) is 2.13. The summed E-state index contributed by atoms with van der Waals surface area (Å²) in [7, 11) is 0. The lowest BCUT2D eigenvalue weighted by Gasteiger charge is -2.18. The molecule has 0 saturated carbocycles. The van der Waals surface area contributed by atoms with Crippen LogP contribution in [0, 0.1) is 0 Å². The van der Waals surface area contributed by atoms with Crippen LogP contribution >= 0.6 is 0 Å². The predicted molar refractivity (Wildman–Crippen MR) is 95.9 cm³/mol. The quantitative estimate of drug-likeness (QED) is 0.513. The van der Waals surface area contributed by atoms with Gasteiger partial charge >= 0.3 is 0 Å². The van der Waals surface area contributed by atoms with Gasteiger partial charge in [0.2, 0.25) is 0 Å². The van der Waals surface area contributed by atoms with E-state index in [1.165, 1.54) is 6.21 Å². The molecule has 5 heteroatoms. The summed E-state index contributed by atoms with van der Waals surface area (Å²) in [6, 6.07) is 16.6. The van der Waals surface area contributed by atoms with Gasteiger partial charge in [-0.15, -0.1) is 0 Å². The maximum atomic E-state index is 12.2. The first kappa shape index (κ1) is 17.4. The van der Waals surface area contributed by atoms with Gasteiger partial charge in [0.1, 0.15) is 5.71 Å². The van der Waals surface area contributed by atoms with Crippen molar-refractivity contribution in [3.8, 4) is 0 Å². The minimum atomic E-state index is -0.324. The van der Waals surface area contributed by atoms with Crippen LogP contribution in [0.2, 0.25) is 0 Å². The molecule has 0 aromatic heterocycles. The van der Waals surface area contributed by atoms with Crippen LogP contribution in [-0.4, -0.2) is 23.0 Å². The SMILES string of the molecule is CC(C)(C)c1ccc(C(=O)NN=C(C=NO)c2ccccc2)cc1. The Morgan fingerprint density at radius 3 is 2.17 bits per heavy atom. The molecule has 2 rings (SSSR count). The zero-order chi connectivity index (χ0) is 17.6. The van der Waals surface area contributed by atoms with Crippen molar-refractivity contribution < 1.29 is 10.0 Å². The molecule has 0 aliphatic carbocycles. The van der Waals surface area contributed by atoms with Gasteiger partial charge in [-0.3, -0.25) is 4.79 Å². The molecular weight excluding hydrogens is 302 g/mol. The zero-order valence-electron chi connectivity index (χ0n) is 14.0. The van der Waals surface area contributed by atoms with E-state index in [2.05, 4.69) is 36.5 Å². The Hall–Kier alpha value is -2.95. The minimum Gasteiger partial charge on any atom is -0.411 e.